The second-order valence-corrected chi connectivity index (χ2v) is 11.6. The molecule has 2 aliphatic rings. The third-order valence-corrected chi connectivity index (χ3v) is 8.97. The molecular formula is C32H30FN5O4S. The van der Waals surface area contributed by atoms with Gasteiger partial charge in [0.2, 0.25) is 0 Å². The molecule has 0 radical (unpaired) electrons. The number of carbonyl (C=O) groups is 3. The Kier molecular flexibility index (Phi) is 7.81. The van der Waals surface area contributed by atoms with Crippen molar-refractivity contribution in [3.63, 3.8) is 0 Å². The van der Waals surface area contributed by atoms with Gasteiger partial charge in [-0.05, 0) is 61.2 Å². The Labute approximate surface area is 252 Å². The van der Waals surface area contributed by atoms with Gasteiger partial charge < -0.3 is 25.2 Å². The predicted octanol–water partition coefficient (Wildman–Crippen LogP) is 5.65. The van der Waals surface area contributed by atoms with Crippen molar-refractivity contribution in [2.45, 2.75) is 25.8 Å². The van der Waals surface area contributed by atoms with Gasteiger partial charge in [-0.25, -0.2) is 14.2 Å². The summed E-state index contributed by atoms with van der Waals surface area (Å²) in [6.45, 7) is 3.41. The molecule has 2 N–H and O–H groups in total. The number of ether oxygens (including phenoxy) is 1. The summed E-state index contributed by atoms with van der Waals surface area (Å²) in [5.41, 5.74) is 3.68. The monoisotopic (exact) mass is 599 g/mol. The Bertz CT molecular complexity index is 1700. The molecular weight excluding hydrogens is 569 g/mol. The number of rotatable bonds is 5. The molecule has 0 unspecified atom stereocenters. The summed E-state index contributed by atoms with van der Waals surface area (Å²) in [6.07, 6.45) is 0.812. The lowest BCUT2D eigenvalue weighted by Crippen LogP contribution is -2.37. The van der Waals surface area contributed by atoms with Crippen LogP contribution in [-0.2, 0) is 11.2 Å². The number of aryl methyl sites for hydroxylation is 1. The van der Waals surface area contributed by atoms with Crippen LogP contribution in [0.2, 0.25) is 0 Å². The number of hydrogen-bond donors (Lipinski definition) is 2. The van der Waals surface area contributed by atoms with E-state index in [2.05, 4.69) is 10.6 Å². The normalized spacial score (nSPS) is 15.7. The Balaban J connectivity index is 1.24. The highest BCUT2D eigenvalue weighted by atomic mass is 32.1. The maximum absolute atomic E-state index is 14.4. The largest absolute Gasteiger partial charge is 0.453 e. The molecule has 2 aliphatic heterocycles. The lowest BCUT2D eigenvalue weighted by molar-refractivity contribution is 0.0981. The highest BCUT2D eigenvalue weighted by molar-refractivity contribution is 7.17. The van der Waals surface area contributed by atoms with Gasteiger partial charge in [-0.2, -0.15) is 0 Å². The molecule has 0 saturated carbocycles. The number of anilines is 3. The van der Waals surface area contributed by atoms with Crippen molar-refractivity contribution < 1.29 is 23.5 Å². The van der Waals surface area contributed by atoms with E-state index < -0.39 is 11.9 Å². The quantitative estimate of drug-likeness (QED) is 0.308. The lowest BCUT2D eigenvalue weighted by atomic mass is 10.1. The molecule has 0 aliphatic carbocycles. The zero-order valence-corrected chi connectivity index (χ0v) is 24.5. The van der Waals surface area contributed by atoms with Gasteiger partial charge >= 0.3 is 6.09 Å². The molecule has 1 saturated heterocycles. The van der Waals surface area contributed by atoms with E-state index in [0.29, 0.717) is 48.0 Å². The Morgan fingerprint density at radius 1 is 1.05 bits per heavy atom. The molecule has 4 aromatic rings. The molecule has 11 heteroatoms. The Morgan fingerprint density at radius 2 is 1.86 bits per heavy atom. The predicted molar refractivity (Wildman–Crippen MR) is 165 cm³/mol. The smallest absolute Gasteiger partial charge is 0.407 e. The fraction of sp³-hybridized carbons (Fsp3) is 0.250. The summed E-state index contributed by atoms with van der Waals surface area (Å²) in [7, 11) is 1.34. The molecule has 6 rings (SSSR count). The van der Waals surface area contributed by atoms with Crippen molar-refractivity contribution in [3.8, 4) is 10.4 Å². The number of hydrogen-bond acceptors (Lipinski definition) is 7. The Hall–Kier alpha value is -4.77. The number of amides is 3. The van der Waals surface area contributed by atoms with Gasteiger partial charge in [0.1, 0.15) is 17.3 Å². The standard InChI is InChI=1S/C32H30FN5O4S/c1-19-7-5-9-23(33)28(19)36-30(39)26-17-20-13-16-38(25-11-4-3-8-22(25)29(20)43-26)31(40)24-10-6-12-27(35-24)37-15-14-21(18-37)34-32(41)42-2/h3-12,17,21H,13-16,18H2,1-2H3,(H,34,41)(H,36,39)/t21-/m0/s1. The number of nitrogens with zero attached hydrogens (tertiary/aromatic N) is 3. The van der Waals surface area contributed by atoms with E-state index in [1.54, 1.807) is 30.0 Å². The van der Waals surface area contributed by atoms with E-state index in [9.17, 15) is 18.8 Å². The van der Waals surface area contributed by atoms with Crippen molar-refractivity contribution in [1.82, 2.24) is 10.3 Å². The summed E-state index contributed by atoms with van der Waals surface area (Å²) in [5.74, 6) is -0.404. The molecule has 3 amide bonds. The van der Waals surface area contributed by atoms with Crippen LogP contribution in [0.3, 0.4) is 0 Å². The highest BCUT2D eigenvalue weighted by Crippen LogP contribution is 2.42. The summed E-state index contributed by atoms with van der Waals surface area (Å²) in [5, 5.41) is 5.55. The Morgan fingerprint density at radius 3 is 2.67 bits per heavy atom. The first-order valence-electron chi connectivity index (χ1n) is 14.0. The molecule has 1 fully saturated rings. The number of para-hydroxylation sites is 2. The van der Waals surface area contributed by atoms with Crippen LogP contribution >= 0.6 is 11.3 Å². The van der Waals surface area contributed by atoms with Crippen molar-refractivity contribution in [2.24, 2.45) is 0 Å². The number of aromatic nitrogens is 1. The maximum atomic E-state index is 14.4. The first-order chi connectivity index (χ1) is 20.8. The number of thiophene rings is 1. The zero-order chi connectivity index (χ0) is 30.1. The van der Waals surface area contributed by atoms with Crippen LogP contribution in [0, 0.1) is 12.7 Å². The highest BCUT2D eigenvalue weighted by Gasteiger charge is 2.30. The average molecular weight is 600 g/mol. The first-order valence-corrected chi connectivity index (χ1v) is 14.8. The maximum Gasteiger partial charge on any atom is 0.407 e. The third-order valence-electron chi connectivity index (χ3n) is 7.76. The van der Waals surface area contributed by atoms with Gasteiger partial charge in [-0.1, -0.05) is 36.4 Å². The first kappa shape index (κ1) is 28.4. The topological polar surface area (TPSA) is 104 Å². The van der Waals surface area contributed by atoms with Crippen LogP contribution in [-0.4, -0.2) is 55.7 Å². The number of nitrogens with one attached hydrogen (secondary N) is 2. The van der Waals surface area contributed by atoms with Gasteiger partial charge in [-0.15, -0.1) is 11.3 Å². The molecule has 9 nitrogen and oxygen atoms in total. The molecule has 1 atom stereocenters. The van der Waals surface area contributed by atoms with E-state index >= 15 is 0 Å². The van der Waals surface area contributed by atoms with Crippen molar-refractivity contribution in [1.29, 1.82) is 0 Å². The molecule has 2 aromatic carbocycles. The fourth-order valence-electron chi connectivity index (χ4n) is 5.55. The molecule has 43 heavy (non-hydrogen) atoms. The van der Waals surface area contributed by atoms with Crippen LogP contribution in [0.4, 0.5) is 26.4 Å². The average Bonchev–Trinajstić information content (AvgIpc) is 3.63. The fourth-order valence-corrected chi connectivity index (χ4v) is 6.69. The van der Waals surface area contributed by atoms with E-state index in [1.165, 1.54) is 24.5 Å². The summed E-state index contributed by atoms with van der Waals surface area (Å²) < 4.78 is 19.1. The van der Waals surface area contributed by atoms with Gasteiger partial charge in [0.25, 0.3) is 11.8 Å². The van der Waals surface area contributed by atoms with Crippen molar-refractivity contribution in [3.05, 3.63) is 94.2 Å². The third kappa shape index (κ3) is 5.68. The van der Waals surface area contributed by atoms with Crippen molar-refractivity contribution >= 4 is 46.4 Å². The number of methoxy groups -OCH3 is 1. The second-order valence-electron chi connectivity index (χ2n) is 10.5. The zero-order valence-electron chi connectivity index (χ0n) is 23.7. The minimum atomic E-state index is -0.481. The van der Waals surface area contributed by atoms with Gasteiger partial charge in [0.15, 0.2) is 0 Å². The van der Waals surface area contributed by atoms with Crippen LogP contribution in [0.15, 0.2) is 66.7 Å². The van der Waals surface area contributed by atoms with Crippen molar-refractivity contribution in [2.75, 3.05) is 41.9 Å². The summed E-state index contributed by atoms with van der Waals surface area (Å²) in [4.78, 5) is 48.6. The van der Waals surface area contributed by atoms with Gasteiger partial charge in [0, 0.05) is 30.1 Å². The van der Waals surface area contributed by atoms with E-state index in [-0.39, 0.29) is 23.5 Å². The minimum absolute atomic E-state index is 0.0622. The molecule has 2 aromatic heterocycles. The number of benzene rings is 2. The van der Waals surface area contributed by atoms with E-state index in [0.717, 1.165) is 28.1 Å². The molecule has 220 valence electrons. The van der Waals surface area contributed by atoms with Crippen LogP contribution in [0.5, 0.6) is 0 Å². The molecule has 0 spiro atoms. The number of alkyl carbamates (subject to hydrolysis) is 1. The number of pyridine rings is 1. The van der Waals surface area contributed by atoms with Crippen LogP contribution < -0.4 is 20.4 Å². The number of halogens is 1. The number of carbonyl (C=O) groups excluding carboxylic acids is 3. The van der Waals surface area contributed by atoms with Gasteiger partial charge in [-0.3, -0.25) is 9.59 Å². The number of fused-ring (bicyclic) bond motifs is 3. The summed E-state index contributed by atoms with van der Waals surface area (Å²) in [6, 6.07) is 19.5. The van der Waals surface area contributed by atoms with E-state index in [1.807, 2.05) is 47.4 Å². The minimum Gasteiger partial charge on any atom is -0.453 e. The lowest BCUT2D eigenvalue weighted by Gasteiger charge is -2.24. The van der Waals surface area contributed by atoms with Gasteiger partial charge in [0.05, 0.1) is 29.4 Å². The summed E-state index contributed by atoms with van der Waals surface area (Å²) >= 11 is 1.33. The van der Waals surface area contributed by atoms with Crippen LogP contribution in [0.1, 0.15) is 37.7 Å². The molecule has 0 bridgehead atoms. The second kappa shape index (κ2) is 11.8. The molecule has 4 heterocycles. The van der Waals surface area contributed by atoms with Crippen LogP contribution in [0.25, 0.3) is 10.4 Å². The SMILES string of the molecule is COC(=O)N[C@H]1CCN(c2cccc(C(=O)N3CCc4cc(C(=O)Nc5c(C)cccc5F)sc4-c4ccccc43)n2)C1. The van der Waals surface area contributed by atoms with E-state index in [4.69, 9.17) is 9.72 Å².